The summed E-state index contributed by atoms with van der Waals surface area (Å²) >= 11 is 0. The molecule has 0 saturated heterocycles. The van der Waals surface area contributed by atoms with Crippen molar-refractivity contribution in [3.05, 3.63) is 78.1 Å². The molecule has 0 aliphatic heterocycles. The van der Waals surface area contributed by atoms with Gasteiger partial charge in [-0.3, -0.25) is 13.9 Å². The van der Waals surface area contributed by atoms with Crippen LogP contribution in [0, 0.1) is 5.82 Å². The molecular weight excluding hydrogens is 465 g/mol. The zero-order valence-electron chi connectivity index (χ0n) is 18.3. The number of rotatable bonds is 9. The molecule has 0 unspecified atom stereocenters. The van der Waals surface area contributed by atoms with Crippen LogP contribution in [0.15, 0.2) is 71.6 Å². The molecule has 3 aromatic rings. The number of hydrogen-bond donors (Lipinski definition) is 2. The number of anilines is 2. The second kappa shape index (κ2) is 10.2. The molecule has 0 fully saturated rings. The fraction of sp³-hybridized carbons (Fsp3) is 0.130. The molecule has 3 rings (SSSR count). The van der Waals surface area contributed by atoms with E-state index in [0.29, 0.717) is 5.75 Å². The maximum atomic E-state index is 13.5. The summed E-state index contributed by atoms with van der Waals surface area (Å²) in [6.45, 7) is -0.636. The van der Waals surface area contributed by atoms with E-state index < -0.39 is 34.2 Å². The van der Waals surface area contributed by atoms with Crippen LogP contribution >= 0.6 is 0 Å². The predicted octanol–water partition coefficient (Wildman–Crippen LogP) is 2.78. The summed E-state index contributed by atoms with van der Waals surface area (Å²) in [5, 5.41) is 2.54. The van der Waals surface area contributed by atoms with Crippen LogP contribution in [0.25, 0.3) is 0 Å². The Balaban J connectivity index is 1.97. The van der Waals surface area contributed by atoms with E-state index in [1.54, 1.807) is 0 Å². The normalized spacial score (nSPS) is 10.9. The van der Waals surface area contributed by atoms with Gasteiger partial charge in [-0.25, -0.2) is 12.8 Å². The van der Waals surface area contributed by atoms with Crippen LogP contribution in [0.5, 0.6) is 11.5 Å². The first-order chi connectivity index (χ1) is 16.1. The highest BCUT2D eigenvalue weighted by atomic mass is 32.2. The average molecular weight is 488 g/mol. The molecular formula is C23H22FN3O6S. The van der Waals surface area contributed by atoms with Crippen LogP contribution in [0.3, 0.4) is 0 Å². The Kier molecular flexibility index (Phi) is 7.37. The second-order valence-corrected chi connectivity index (χ2v) is 8.86. The Labute approximate surface area is 195 Å². The average Bonchev–Trinajstić information content (AvgIpc) is 2.82. The number of hydrogen-bond acceptors (Lipinski definition) is 6. The third-order valence-electron chi connectivity index (χ3n) is 4.78. The summed E-state index contributed by atoms with van der Waals surface area (Å²) in [6.07, 6.45) is 0. The molecule has 34 heavy (non-hydrogen) atoms. The van der Waals surface area contributed by atoms with Crippen LogP contribution in [-0.2, 0) is 14.8 Å². The van der Waals surface area contributed by atoms with Gasteiger partial charge in [-0.15, -0.1) is 0 Å². The minimum atomic E-state index is -4.29. The minimum absolute atomic E-state index is 0.0669. The van der Waals surface area contributed by atoms with Crippen molar-refractivity contribution in [1.29, 1.82) is 0 Å². The highest BCUT2D eigenvalue weighted by Gasteiger charge is 2.28. The van der Waals surface area contributed by atoms with E-state index in [9.17, 15) is 22.4 Å². The fourth-order valence-corrected chi connectivity index (χ4v) is 4.54. The summed E-state index contributed by atoms with van der Waals surface area (Å²) in [4.78, 5) is 24.0. The van der Waals surface area contributed by atoms with Crippen molar-refractivity contribution in [2.75, 3.05) is 30.4 Å². The molecule has 0 heterocycles. The Morgan fingerprint density at radius 3 is 2.26 bits per heavy atom. The van der Waals surface area contributed by atoms with Gasteiger partial charge in [0.2, 0.25) is 11.8 Å². The first kappa shape index (κ1) is 24.5. The Morgan fingerprint density at radius 2 is 1.65 bits per heavy atom. The summed E-state index contributed by atoms with van der Waals surface area (Å²) in [6, 6.07) is 14.5. The third kappa shape index (κ3) is 5.44. The van der Waals surface area contributed by atoms with Crippen molar-refractivity contribution in [3.63, 3.8) is 0 Å². The van der Waals surface area contributed by atoms with Gasteiger partial charge in [0.1, 0.15) is 12.4 Å². The van der Waals surface area contributed by atoms with Crippen LogP contribution in [0.4, 0.5) is 15.8 Å². The SMILES string of the molecule is COc1ccc(S(=O)(=O)N(CC(=O)Nc2cccc(C(N)=O)c2)c2ccc(F)cc2)cc1OC. The first-order valence-corrected chi connectivity index (χ1v) is 11.3. The zero-order chi connectivity index (χ0) is 24.9. The highest BCUT2D eigenvalue weighted by molar-refractivity contribution is 7.92. The van der Waals surface area contributed by atoms with Gasteiger partial charge < -0.3 is 20.5 Å². The van der Waals surface area contributed by atoms with E-state index in [0.717, 1.165) is 16.4 Å². The summed E-state index contributed by atoms with van der Waals surface area (Å²) in [7, 11) is -1.52. The van der Waals surface area contributed by atoms with Crippen molar-refractivity contribution < 1.29 is 31.9 Å². The zero-order valence-corrected chi connectivity index (χ0v) is 19.1. The molecule has 0 aliphatic carbocycles. The van der Waals surface area contributed by atoms with Crippen LogP contribution in [0.2, 0.25) is 0 Å². The number of primary amides is 1. The standard InChI is InChI=1S/C23H22FN3O6S/c1-32-20-11-10-19(13-21(20)33-2)34(30,31)27(18-8-6-16(24)7-9-18)14-22(28)26-17-5-3-4-15(12-17)23(25)29/h3-13H,14H2,1-2H3,(H2,25,29)(H,26,28). The largest absolute Gasteiger partial charge is 0.493 e. The maximum Gasteiger partial charge on any atom is 0.264 e. The van der Waals surface area contributed by atoms with Gasteiger partial charge in [0, 0.05) is 17.3 Å². The van der Waals surface area contributed by atoms with Crippen LogP contribution in [0.1, 0.15) is 10.4 Å². The third-order valence-corrected chi connectivity index (χ3v) is 6.55. The molecule has 0 atom stereocenters. The Hall–Kier alpha value is -4.12. The van der Waals surface area contributed by atoms with Gasteiger partial charge in [0.05, 0.1) is 24.8 Å². The topological polar surface area (TPSA) is 128 Å². The van der Waals surface area contributed by atoms with Gasteiger partial charge in [-0.1, -0.05) is 6.07 Å². The molecule has 0 saturated carbocycles. The van der Waals surface area contributed by atoms with E-state index in [1.165, 1.54) is 68.8 Å². The number of benzene rings is 3. The molecule has 11 heteroatoms. The quantitative estimate of drug-likeness (QED) is 0.478. The molecule has 0 aromatic heterocycles. The van der Waals surface area contributed by atoms with Gasteiger partial charge in [-0.2, -0.15) is 0 Å². The van der Waals surface area contributed by atoms with Gasteiger partial charge >= 0.3 is 0 Å². The number of sulfonamides is 1. The van der Waals surface area contributed by atoms with Crippen molar-refractivity contribution in [2.24, 2.45) is 5.73 Å². The van der Waals surface area contributed by atoms with E-state index in [2.05, 4.69) is 5.32 Å². The lowest BCUT2D eigenvalue weighted by molar-refractivity contribution is -0.114. The van der Waals surface area contributed by atoms with Gasteiger partial charge in [0.15, 0.2) is 11.5 Å². The second-order valence-electron chi connectivity index (χ2n) is 7.00. The van der Waals surface area contributed by atoms with E-state index >= 15 is 0 Å². The van der Waals surface area contributed by atoms with E-state index in [4.69, 9.17) is 15.2 Å². The molecule has 3 aromatic carbocycles. The number of amides is 2. The monoisotopic (exact) mass is 487 g/mol. The van der Waals surface area contributed by atoms with Crippen molar-refractivity contribution >= 4 is 33.2 Å². The molecule has 0 aliphatic rings. The summed E-state index contributed by atoms with van der Waals surface area (Å²) in [5.41, 5.74) is 5.75. The van der Waals surface area contributed by atoms with E-state index in [-0.39, 0.29) is 27.6 Å². The van der Waals surface area contributed by atoms with Gasteiger partial charge in [0.25, 0.3) is 10.0 Å². The number of nitrogens with one attached hydrogen (secondary N) is 1. The highest BCUT2D eigenvalue weighted by Crippen LogP contribution is 2.32. The van der Waals surface area contributed by atoms with Crippen molar-refractivity contribution in [1.82, 2.24) is 0 Å². The van der Waals surface area contributed by atoms with E-state index in [1.807, 2.05) is 0 Å². The molecule has 0 radical (unpaired) electrons. The molecule has 2 amide bonds. The van der Waals surface area contributed by atoms with Gasteiger partial charge in [-0.05, 0) is 54.6 Å². The smallest absolute Gasteiger partial charge is 0.264 e. The number of nitrogens with zero attached hydrogens (tertiary/aromatic N) is 1. The lowest BCUT2D eigenvalue weighted by atomic mass is 10.2. The number of carbonyl (C=O) groups is 2. The summed E-state index contributed by atoms with van der Waals surface area (Å²) < 4.78 is 51.7. The first-order valence-electron chi connectivity index (χ1n) is 9.85. The lowest BCUT2D eigenvalue weighted by Gasteiger charge is -2.24. The molecule has 9 nitrogen and oxygen atoms in total. The predicted molar refractivity (Wildman–Crippen MR) is 124 cm³/mol. The van der Waals surface area contributed by atoms with Crippen molar-refractivity contribution in [2.45, 2.75) is 4.90 Å². The van der Waals surface area contributed by atoms with Crippen LogP contribution in [-0.4, -0.2) is 41.0 Å². The number of carbonyl (C=O) groups excluding carboxylic acids is 2. The Bertz CT molecular complexity index is 1310. The number of halogens is 1. The minimum Gasteiger partial charge on any atom is -0.493 e. The molecule has 178 valence electrons. The fourth-order valence-electron chi connectivity index (χ4n) is 3.11. The number of methoxy groups -OCH3 is 2. The number of nitrogens with two attached hydrogens (primary N) is 1. The number of ether oxygens (including phenoxy) is 2. The maximum absolute atomic E-state index is 13.5. The van der Waals surface area contributed by atoms with Crippen molar-refractivity contribution in [3.8, 4) is 11.5 Å². The van der Waals surface area contributed by atoms with Crippen LogP contribution < -0.4 is 24.8 Å². The molecule has 0 bridgehead atoms. The molecule has 0 spiro atoms. The molecule has 3 N–H and O–H groups in total. The Morgan fingerprint density at radius 1 is 0.971 bits per heavy atom. The summed E-state index contributed by atoms with van der Waals surface area (Å²) in [5.74, 6) is -1.45. The lowest BCUT2D eigenvalue weighted by Crippen LogP contribution is -2.38.